The number of quaternary nitrogens is 1. The molecule has 0 saturated carbocycles. The number of carbonyl (C=O) groups is 3. The van der Waals surface area contributed by atoms with Gasteiger partial charge in [0.1, 0.15) is 13.2 Å². The van der Waals surface area contributed by atoms with Crippen LogP contribution < -0.4 is 5.11 Å². The minimum absolute atomic E-state index is 0.126. The molecule has 0 aromatic rings. The molecule has 2 unspecified atom stereocenters. The summed E-state index contributed by atoms with van der Waals surface area (Å²) >= 11 is 0. The summed E-state index contributed by atoms with van der Waals surface area (Å²) in [5, 5.41) is 11.8. The summed E-state index contributed by atoms with van der Waals surface area (Å²) in [5.74, 6) is -2.39. The summed E-state index contributed by atoms with van der Waals surface area (Å²) in [5.41, 5.74) is 0. The number of ether oxygens (including phenoxy) is 4. The number of carbonyl (C=O) groups excluding carboxylic acids is 3. The van der Waals surface area contributed by atoms with Crippen LogP contribution in [0.25, 0.3) is 0 Å². The first-order valence-electron chi connectivity index (χ1n) is 34.6. The summed E-state index contributed by atoms with van der Waals surface area (Å²) in [6, 6.07) is 0. The van der Waals surface area contributed by atoms with Crippen molar-refractivity contribution in [1.29, 1.82) is 0 Å². The molecule has 0 fully saturated rings. The molecule has 0 aliphatic carbocycles. The van der Waals surface area contributed by atoms with Crippen LogP contribution in [0.1, 0.15) is 232 Å². The molecule has 0 N–H and O–H groups in total. The molecule has 0 aliphatic heterocycles. The Morgan fingerprint density at radius 2 is 0.618 bits per heavy atom. The Labute approximate surface area is 544 Å². The van der Waals surface area contributed by atoms with E-state index in [0.717, 1.165) is 128 Å². The lowest BCUT2D eigenvalue weighted by Gasteiger charge is -2.26. The fourth-order valence-electron chi connectivity index (χ4n) is 8.64. The Morgan fingerprint density at radius 3 is 0.933 bits per heavy atom. The molecule has 0 amide bonds. The van der Waals surface area contributed by atoms with Gasteiger partial charge >= 0.3 is 11.9 Å². The zero-order chi connectivity index (χ0) is 64.7. The number of unbranched alkanes of at least 4 members (excludes halogenated alkanes) is 14. The zero-order valence-corrected chi connectivity index (χ0v) is 56.7. The molecule has 0 saturated heterocycles. The second-order valence-corrected chi connectivity index (χ2v) is 23.3. The highest BCUT2D eigenvalue weighted by atomic mass is 16.7. The molecule has 0 aliphatic rings. The SMILES string of the molecule is CC/C=C\C/C=C\C/C=C\C/C=C\C/C=C\C/C=C\C/C=C\C/C=C\C/C=C\CCCC(=O)OC(COC(=O)CCCCCCCCCCCCCCC/C=C\C/C=C\C/C=C\C/C=C\C/C=C\C/C=C\C/C=C\CC)COC(OCC[N+](C)(C)C)C(=O)[O-]. The first kappa shape index (κ1) is 83.1. The lowest BCUT2D eigenvalue weighted by molar-refractivity contribution is -0.870. The number of hydrogen-bond acceptors (Lipinski definition) is 8. The standard InChI is InChI=1S/C80H125NO8/c1-6-8-10-12-14-16-18-20-22-24-26-28-30-32-34-36-37-38-39-40-41-43-44-46-48-50-52-54-56-58-60-62-64-66-68-70-77(82)87-74-76(75-88-80(79(84)85)86-73-72-81(3,4)5)89-78(83)71-69-67-65-63-61-59-57-55-53-51-49-47-45-42-35-33-31-29-27-25-23-21-19-17-15-13-11-9-7-2/h8-11,14-17,20-23,26-29,32-35,37-38,40-41,45,47,51,53,57,59,63,65,76,80H,6-7,12-13,18-19,24-25,30-31,36,39,42-44,46,48-50,52,54-56,58,60-62,64,66-75H2,1-5H3/b10-8-,11-9-,16-14-,17-15-,22-20-,23-21-,28-26-,29-27-,34-32-,35-33-,38-37-,41-40-,47-45-,53-51-,59-57-,65-63-. The van der Waals surface area contributed by atoms with Crippen molar-refractivity contribution in [2.45, 2.75) is 245 Å². The summed E-state index contributed by atoms with van der Waals surface area (Å²) in [6.45, 7) is 4.43. The molecule has 9 heteroatoms. The maximum Gasteiger partial charge on any atom is 0.306 e. The van der Waals surface area contributed by atoms with E-state index in [9.17, 15) is 19.5 Å². The number of aliphatic carboxylic acids is 1. The molecule has 498 valence electrons. The fourth-order valence-corrected chi connectivity index (χ4v) is 8.64. The molecule has 89 heavy (non-hydrogen) atoms. The molecule has 9 nitrogen and oxygen atoms in total. The monoisotopic (exact) mass is 1230 g/mol. The highest BCUT2D eigenvalue weighted by Gasteiger charge is 2.22. The van der Waals surface area contributed by atoms with E-state index in [1.54, 1.807) is 0 Å². The van der Waals surface area contributed by atoms with E-state index in [2.05, 4.69) is 208 Å². The smallest absolute Gasteiger partial charge is 0.306 e. The second-order valence-electron chi connectivity index (χ2n) is 23.3. The molecule has 2 atom stereocenters. The van der Waals surface area contributed by atoms with Crippen LogP contribution in [-0.2, 0) is 33.3 Å². The number of rotatable bonds is 61. The summed E-state index contributed by atoms with van der Waals surface area (Å²) < 4.78 is 22.7. The topological polar surface area (TPSA) is 111 Å². The minimum Gasteiger partial charge on any atom is -0.545 e. The van der Waals surface area contributed by atoms with E-state index in [1.165, 1.54) is 64.2 Å². The van der Waals surface area contributed by atoms with Gasteiger partial charge in [0.25, 0.3) is 0 Å². The number of allylic oxidation sites excluding steroid dienone is 32. The van der Waals surface area contributed by atoms with Crippen LogP contribution in [0.5, 0.6) is 0 Å². The number of likely N-dealkylation sites (N-methyl/N-ethyl adjacent to an activating group) is 1. The van der Waals surface area contributed by atoms with Crippen LogP contribution >= 0.6 is 0 Å². The van der Waals surface area contributed by atoms with Crippen molar-refractivity contribution in [2.24, 2.45) is 0 Å². The predicted octanol–water partition coefficient (Wildman–Crippen LogP) is 20.5. The third-order valence-corrected chi connectivity index (χ3v) is 13.8. The maximum absolute atomic E-state index is 12.9. The number of hydrogen-bond donors (Lipinski definition) is 0. The zero-order valence-electron chi connectivity index (χ0n) is 56.7. The maximum atomic E-state index is 12.9. The Balaban J connectivity index is 4.27. The van der Waals surface area contributed by atoms with Crippen LogP contribution in [-0.4, -0.2) is 82.3 Å². The molecular weight excluding hydrogens is 1100 g/mol. The fraction of sp³-hybridized carbons (Fsp3) is 0.562. The van der Waals surface area contributed by atoms with Crippen LogP contribution in [0, 0.1) is 0 Å². The van der Waals surface area contributed by atoms with Crippen LogP contribution in [0.4, 0.5) is 0 Å². The van der Waals surface area contributed by atoms with E-state index >= 15 is 0 Å². The van der Waals surface area contributed by atoms with Crippen molar-refractivity contribution in [3.63, 3.8) is 0 Å². The van der Waals surface area contributed by atoms with Gasteiger partial charge in [0.05, 0.1) is 40.3 Å². The Bertz CT molecular complexity index is 2160. The number of nitrogens with zero attached hydrogens (tertiary/aromatic N) is 1. The van der Waals surface area contributed by atoms with E-state index < -0.39 is 24.3 Å². The average Bonchev–Trinajstić information content (AvgIpc) is 3.71. The Kier molecular flexibility index (Phi) is 63.6. The molecule has 0 rings (SSSR count). The predicted molar refractivity (Wildman–Crippen MR) is 379 cm³/mol. The highest BCUT2D eigenvalue weighted by molar-refractivity contribution is 5.70. The normalized spacial score (nSPS) is 13.9. The van der Waals surface area contributed by atoms with E-state index in [4.69, 9.17) is 18.9 Å². The van der Waals surface area contributed by atoms with Crippen molar-refractivity contribution in [2.75, 3.05) is 47.5 Å². The van der Waals surface area contributed by atoms with E-state index in [1.807, 2.05) is 21.1 Å². The van der Waals surface area contributed by atoms with Gasteiger partial charge in [-0.15, -0.1) is 0 Å². The van der Waals surface area contributed by atoms with Crippen molar-refractivity contribution in [1.82, 2.24) is 0 Å². The third kappa shape index (κ3) is 69.5. The van der Waals surface area contributed by atoms with Crippen molar-refractivity contribution >= 4 is 17.9 Å². The van der Waals surface area contributed by atoms with Crippen LogP contribution in [0.3, 0.4) is 0 Å². The van der Waals surface area contributed by atoms with Gasteiger partial charge in [-0.3, -0.25) is 9.59 Å². The van der Waals surface area contributed by atoms with E-state index in [-0.39, 0.29) is 38.6 Å². The molecule has 0 aromatic carbocycles. The van der Waals surface area contributed by atoms with Gasteiger partial charge in [-0.05, 0) is 135 Å². The number of esters is 2. The minimum atomic E-state index is -1.65. The van der Waals surface area contributed by atoms with Crippen molar-refractivity contribution < 1.29 is 42.9 Å². The molecule has 0 radical (unpaired) electrons. The largest absolute Gasteiger partial charge is 0.545 e. The first-order valence-corrected chi connectivity index (χ1v) is 34.6. The summed E-state index contributed by atoms with van der Waals surface area (Å²) in [4.78, 5) is 37.5. The van der Waals surface area contributed by atoms with Crippen LogP contribution in [0.2, 0.25) is 0 Å². The first-order chi connectivity index (χ1) is 43.6. The second kappa shape index (κ2) is 68.0. The number of carboxylic acid groups (broad SMARTS) is 1. The van der Waals surface area contributed by atoms with Gasteiger partial charge in [-0.1, -0.05) is 279 Å². The van der Waals surface area contributed by atoms with Gasteiger partial charge in [-0.2, -0.15) is 0 Å². The van der Waals surface area contributed by atoms with Crippen molar-refractivity contribution in [3.8, 4) is 0 Å². The quantitative estimate of drug-likeness (QED) is 0.0195. The Morgan fingerprint density at radius 1 is 0.337 bits per heavy atom. The third-order valence-electron chi connectivity index (χ3n) is 13.8. The molecule has 0 spiro atoms. The average molecular weight is 1230 g/mol. The van der Waals surface area contributed by atoms with Gasteiger partial charge < -0.3 is 33.3 Å². The summed E-state index contributed by atoms with van der Waals surface area (Å²) in [6.07, 6.45) is 102. The molecule has 0 aromatic heterocycles. The van der Waals surface area contributed by atoms with Gasteiger partial charge in [0.15, 0.2) is 12.4 Å². The van der Waals surface area contributed by atoms with Crippen LogP contribution in [0.15, 0.2) is 194 Å². The van der Waals surface area contributed by atoms with Gasteiger partial charge in [0.2, 0.25) is 0 Å². The number of carboxylic acids is 1. The lowest BCUT2D eigenvalue weighted by atomic mass is 10.0. The molecule has 0 bridgehead atoms. The van der Waals surface area contributed by atoms with Gasteiger partial charge in [0, 0.05) is 12.8 Å². The Hall–Kier alpha value is -5.87. The lowest BCUT2D eigenvalue weighted by Crippen LogP contribution is -2.44. The summed E-state index contributed by atoms with van der Waals surface area (Å²) in [7, 11) is 5.89. The van der Waals surface area contributed by atoms with Crippen molar-refractivity contribution in [3.05, 3.63) is 194 Å². The highest BCUT2D eigenvalue weighted by Crippen LogP contribution is 2.15. The van der Waals surface area contributed by atoms with Gasteiger partial charge in [-0.25, -0.2) is 0 Å². The molecular formula is C80H125NO8. The molecule has 0 heterocycles. The van der Waals surface area contributed by atoms with E-state index in [0.29, 0.717) is 23.9 Å².